The molecule has 4 aromatic carbocycles. The van der Waals surface area contributed by atoms with Gasteiger partial charge in [0.15, 0.2) is 8.32 Å². The summed E-state index contributed by atoms with van der Waals surface area (Å²) in [5, 5.41) is 15.2. The van der Waals surface area contributed by atoms with Crippen molar-refractivity contribution in [3.05, 3.63) is 147 Å². The maximum absolute atomic E-state index is 14.0. The van der Waals surface area contributed by atoms with E-state index in [-0.39, 0.29) is 40.7 Å². The third kappa shape index (κ3) is 11.8. The normalized spacial score (nSPS) is 13.5. The number of nitrogens with zero attached hydrogens (tertiary/aromatic N) is 1. The van der Waals surface area contributed by atoms with Crippen LogP contribution in [0.15, 0.2) is 114 Å². The molecule has 0 fully saturated rings. The molecule has 1 aromatic heterocycles. The van der Waals surface area contributed by atoms with E-state index >= 15 is 0 Å². The molecule has 1 unspecified atom stereocenters. The molecule has 330 valence electrons. The maximum Gasteiger partial charge on any atom is 0.410 e. The molecule has 0 aliphatic heterocycles. The van der Waals surface area contributed by atoms with Crippen LogP contribution >= 0.6 is 0 Å². The van der Waals surface area contributed by atoms with Crippen molar-refractivity contribution in [1.82, 2.24) is 15.2 Å². The lowest BCUT2D eigenvalue weighted by Crippen LogP contribution is -2.46. The number of ether oxygens (including phenoxy) is 3. The average molecular weight is 864 g/mol. The van der Waals surface area contributed by atoms with Gasteiger partial charge in [0.25, 0.3) is 5.91 Å². The Balaban J connectivity index is 1.37. The van der Waals surface area contributed by atoms with Crippen molar-refractivity contribution in [1.29, 1.82) is 0 Å². The first kappa shape index (κ1) is 47.3. The van der Waals surface area contributed by atoms with Crippen LogP contribution in [-0.2, 0) is 30.9 Å². The summed E-state index contributed by atoms with van der Waals surface area (Å²) in [5.74, 6) is -0.745. The molecule has 2 amide bonds. The third-order valence-electron chi connectivity index (χ3n) is 11.1. The first-order valence-corrected chi connectivity index (χ1v) is 23.9. The number of pyridine rings is 1. The van der Waals surface area contributed by atoms with Crippen molar-refractivity contribution in [2.75, 3.05) is 26.7 Å². The Bertz CT molecular complexity index is 2370. The van der Waals surface area contributed by atoms with Crippen molar-refractivity contribution >= 4 is 37.2 Å². The minimum atomic E-state index is -2.47. The highest BCUT2D eigenvalue weighted by molar-refractivity contribution is 6.74. The number of amides is 2. The number of aromatic nitrogens is 1. The van der Waals surface area contributed by atoms with Crippen LogP contribution in [0.1, 0.15) is 93.1 Å². The van der Waals surface area contributed by atoms with E-state index in [1.165, 1.54) is 19.2 Å². The zero-order valence-corrected chi connectivity index (χ0v) is 38.4. The lowest BCUT2D eigenvalue weighted by atomic mass is 9.85. The molecular formula is C49H61N3O9Si. The SMILES string of the molecule is COC(=O)C(O)(c1ccccc1)c1cccc(C(=O)NCCCCN(C[C@H](O[Si](C)(C)C(C)(C)C)c2ccc(OCc3ccccc3)c3[nH]c(=O)ccc23)C(=O)OC(C)(C)C)c1. The predicted octanol–water partition coefficient (Wildman–Crippen LogP) is 9.03. The number of nitrogens with one attached hydrogen (secondary N) is 2. The van der Waals surface area contributed by atoms with E-state index in [0.717, 1.165) is 16.5 Å². The van der Waals surface area contributed by atoms with E-state index in [1.807, 2.05) is 63.2 Å². The zero-order chi connectivity index (χ0) is 45.3. The highest BCUT2D eigenvalue weighted by atomic mass is 28.4. The van der Waals surface area contributed by atoms with E-state index in [1.54, 1.807) is 59.5 Å². The van der Waals surface area contributed by atoms with Gasteiger partial charge in [-0.1, -0.05) is 99.6 Å². The second-order valence-corrected chi connectivity index (χ2v) is 22.7. The number of carbonyl (C=O) groups excluding carboxylic acids is 3. The van der Waals surface area contributed by atoms with Crippen LogP contribution in [0, 0.1) is 0 Å². The van der Waals surface area contributed by atoms with Gasteiger partial charge in [0.05, 0.1) is 25.3 Å². The molecule has 1 heterocycles. The van der Waals surface area contributed by atoms with Gasteiger partial charge in [-0.05, 0) is 92.7 Å². The van der Waals surface area contributed by atoms with Crippen LogP contribution in [-0.4, -0.2) is 73.6 Å². The quantitative estimate of drug-likeness (QED) is 0.0472. The van der Waals surface area contributed by atoms with E-state index in [9.17, 15) is 24.3 Å². The summed E-state index contributed by atoms with van der Waals surface area (Å²) in [5.41, 5.74) is -0.0850. The van der Waals surface area contributed by atoms with Gasteiger partial charge in [-0.2, -0.15) is 0 Å². The fourth-order valence-electron chi connectivity index (χ4n) is 6.75. The number of unbranched alkanes of at least 4 members (excludes halogenated alkanes) is 1. The largest absolute Gasteiger partial charge is 0.487 e. The number of methoxy groups -OCH3 is 1. The van der Waals surface area contributed by atoms with E-state index in [4.69, 9.17) is 18.6 Å². The van der Waals surface area contributed by atoms with Gasteiger partial charge >= 0.3 is 12.1 Å². The zero-order valence-electron chi connectivity index (χ0n) is 37.4. The molecule has 0 saturated heterocycles. The fourth-order valence-corrected chi connectivity index (χ4v) is 8.01. The molecule has 0 aliphatic rings. The van der Waals surface area contributed by atoms with Gasteiger partial charge in [0.2, 0.25) is 11.2 Å². The molecule has 12 nitrogen and oxygen atoms in total. The van der Waals surface area contributed by atoms with Crippen LogP contribution in [0.5, 0.6) is 5.75 Å². The molecule has 0 bridgehead atoms. The lowest BCUT2D eigenvalue weighted by molar-refractivity contribution is -0.158. The predicted molar refractivity (Wildman–Crippen MR) is 244 cm³/mol. The van der Waals surface area contributed by atoms with Crippen LogP contribution in [0.4, 0.5) is 4.79 Å². The number of aromatic amines is 1. The maximum atomic E-state index is 14.0. The number of H-pyrrole nitrogens is 1. The smallest absolute Gasteiger partial charge is 0.410 e. The molecular weight excluding hydrogens is 803 g/mol. The highest BCUT2D eigenvalue weighted by Gasteiger charge is 2.42. The van der Waals surface area contributed by atoms with Crippen molar-refractivity contribution in [3.8, 4) is 5.75 Å². The van der Waals surface area contributed by atoms with Gasteiger partial charge in [-0.3, -0.25) is 9.59 Å². The standard InChI is InChI=1S/C49H61N3O9Si/c1-47(2,3)60-46(56)52(30-17-16-29-50-44(54)35-21-18-24-37(31-35)49(57,45(55)58-7)36-22-14-11-15-23-36)32-41(61-62(8,9)48(4,5)6)38-25-27-40(43-39(38)26-28-42(53)51-43)59-33-34-19-12-10-13-20-34/h10-15,18-28,31,41,57H,16-17,29-30,32-33H2,1-9H3,(H,50,54)(H,51,53)/t41-,49?/m0/s1. The molecule has 0 saturated carbocycles. The molecule has 5 aromatic rings. The number of aliphatic hydroxyl groups is 1. The van der Waals surface area contributed by atoms with Crippen LogP contribution < -0.4 is 15.6 Å². The van der Waals surface area contributed by atoms with Crippen LogP contribution in [0.3, 0.4) is 0 Å². The molecule has 62 heavy (non-hydrogen) atoms. The number of esters is 1. The Kier molecular flexibility index (Phi) is 15.2. The van der Waals surface area contributed by atoms with Crippen LogP contribution in [0.25, 0.3) is 10.9 Å². The molecule has 13 heteroatoms. The fraction of sp³-hybridized carbons (Fsp3) is 0.388. The highest BCUT2D eigenvalue weighted by Crippen LogP contribution is 2.42. The summed E-state index contributed by atoms with van der Waals surface area (Å²) in [4.78, 5) is 57.7. The molecule has 0 radical (unpaired) electrons. The molecule has 5 rings (SSSR count). The van der Waals surface area contributed by atoms with Gasteiger partial charge in [-0.25, -0.2) is 9.59 Å². The summed E-state index contributed by atoms with van der Waals surface area (Å²) >= 11 is 0. The Morgan fingerprint density at radius 3 is 2.13 bits per heavy atom. The van der Waals surface area contributed by atoms with E-state index in [0.29, 0.717) is 42.8 Å². The summed E-state index contributed by atoms with van der Waals surface area (Å²) < 4.78 is 24.3. The number of benzene rings is 4. The van der Waals surface area contributed by atoms with Gasteiger partial charge in [-0.15, -0.1) is 0 Å². The summed E-state index contributed by atoms with van der Waals surface area (Å²) in [6, 6.07) is 31.5. The summed E-state index contributed by atoms with van der Waals surface area (Å²) in [6.45, 7) is 17.3. The van der Waals surface area contributed by atoms with Gasteiger partial charge < -0.3 is 38.9 Å². The number of rotatable bonds is 17. The third-order valence-corrected chi connectivity index (χ3v) is 15.6. The number of hydrogen-bond donors (Lipinski definition) is 3. The van der Waals surface area contributed by atoms with Crippen LogP contribution in [0.2, 0.25) is 18.1 Å². The Morgan fingerprint density at radius 1 is 0.823 bits per heavy atom. The first-order chi connectivity index (χ1) is 29.2. The second kappa shape index (κ2) is 20.0. The number of carbonyl (C=O) groups is 3. The number of fused-ring (bicyclic) bond motifs is 1. The Hall–Kier alpha value is -5.76. The first-order valence-electron chi connectivity index (χ1n) is 21.0. The Labute approximate surface area is 365 Å². The van der Waals surface area contributed by atoms with E-state index < -0.39 is 37.7 Å². The Morgan fingerprint density at radius 2 is 1.48 bits per heavy atom. The van der Waals surface area contributed by atoms with Crippen molar-refractivity contribution < 1.29 is 38.1 Å². The summed E-state index contributed by atoms with van der Waals surface area (Å²) in [7, 11) is -1.28. The monoisotopic (exact) mass is 863 g/mol. The van der Waals surface area contributed by atoms with E-state index in [2.05, 4.69) is 44.2 Å². The molecule has 0 aliphatic carbocycles. The van der Waals surface area contributed by atoms with Gasteiger partial charge in [0.1, 0.15) is 18.0 Å². The lowest BCUT2D eigenvalue weighted by Gasteiger charge is -2.41. The molecule has 0 spiro atoms. The molecule has 2 atom stereocenters. The minimum absolute atomic E-state index is 0.156. The van der Waals surface area contributed by atoms with Gasteiger partial charge in [0, 0.05) is 35.7 Å². The minimum Gasteiger partial charge on any atom is -0.487 e. The number of hydrogen-bond acceptors (Lipinski definition) is 9. The average Bonchev–Trinajstić information content (AvgIpc) is 3.23. The summed E-state index contributed by atoms with van der Waals surface area (Å²) in [6.07, 6.45) is -0.0691. The van der Waals surface area contributed by atoms with Crippen molar-refractivity contribution in [2.24, 2.45) is 0 Å². The second-order valence-electron chi connectivity index (χ2n) is 17.9. The van der Waals surface area contributed by atoms with Crippen molar-refractivity contribution in [3.63, 3.8) is 0 Å². The topological polar surface area (TPSA) is 156 Å². The van der Waals surface area contributed by atoms with Crippen molar-refractivity contribution in [2.45, 2.75) is 96.4 Å². The molecule has 3 N–H and O–H groups in total.